The second-order valence-corrected chi connectivity index (χ2v) is 6.02. The van der Waals surface area contributed by atoms with Gasteiger partial charge in [0.15, 0.2) is 0 Å². The highest BCUT2D eigenvalue weighted by Crippen LogP contribution is 2.31. The second kappa shape index (κ2) is 6.90. The molecule has 2 aromatic rings. The van der Waals surface area contributed by atoms with E-state index in [1.807, 2.05) is 30.3 Å². The summed E-state index contributed by atoms with van der Waals surface area (Å²) in [5.41, 5.74) is 0.786. The van der Waals surface area contributed by atoms with Crippen LogP contribution in [-0.2, 0) is 4.79 Å². The average molecular weight is 445 g/mol. The summed E-state index contributed by atoms with van der Waals surface area (Å²) < 4.78 is 7.64. The molecule has 0 heterocycles. The molecule has 0 aromatic heterocycles. The van der Waals surface area contributed by atoms with E-state index >= 15 is 0 Å². The van der Waals surface area contributed by atoms with E-state index < -0.39 is 5.97 Å². The molecule has 0 atom stereocenters. The zero-order chi connectivity index (χ0) is 14.5. The third-order valence-electron chi connectivity index (χ3n) is 2.40. The third kappa shape index (κ3) is 4.35. The molecule has 0 aliphatic rings. The Labute approximate surface area is 138 Å². The standard InChI is InChI=1S/C15H10BrIO3/c16-13-8-10(5-7-15(18)19)4-6-14(13)20-12-3-1-2-11(17)9-12/h1-9H,(H,18,19)/b7-5+. The number of ether oxygens (including phenoxy) is 1. The third-order valence-corrected chi connectivity index (χ3v) is 3.69. The van der Waals surface area contributed by atoms with E-state index in [9.17, 15) is 4.79 Å². The van der Waals surface area contributed by atoms with Crippen molar-refractivity contribution in [1.29, 1.82) is 0 Å². The highest BCUT2D eigenvalue weighted by Gasteiger charge is 2.04. The molecule has 0 aliphatic carbocycles. The molecule has 0 spiro atoms. The van der Waals surface area contributed by atoms with Crippen LogP contribution >= 0.6 is 38.5 Å². The Kier molecular flexibility index (Phi) is 5.19. The summed E-state index contributed by atoms with van der Waals surface area (Å²) in [4.78, 5) is 10.5. The second-order valence-electron chi connectivity index (χ2n) is 3.92. The Morgan fingerprint density at radius 2 is 2.05 bits per heavy atom. The van der Waals surface area contributed by atoms with Crippen molar-refractivity contribution in [3.63, 3.8) is 0 Å². The highest BCUT2D eigenvalue weighted by atomic mass is 127. The van der Waals surface area contributed by atoms with Gasteiger partial charge in [-0.3, -0.25) is 0 Å². The van der Waals surface area contributed by atoms with Gasteiger partial charge in [0.05, 0.1) is 4.47 Å². The minimum absolute atomic E-state index is 0.680. The molecule has 1 N–H and O–H groups in total. The molecule has 5 heteroatoms. The molecule has 0 radical (unpaired) electrons. The lowest BCUT2D eigenvalue weighted by molar-refractivity contribution is -0.131. The molecule has 0 amide bonds. The van der Waals surface area contributed by atoms with Gasteiger partial charge in [-0.05, 0) is 80.5 Å². The van der Waals surface area contributed by atoms with Crippen molar-refractivity contribution in [1.82, 2.24) is 0 Å². The molecule has 0 fully saturated rings. The van der Waals surface area contributed by atoms with E-state index in [0.717, 1.165) is 25.4 Å². The van der Waals surface area contributed by atoms with Crippen LogP contribution in [0.2, 0.25) is 0 Å². The van der Waals surface area contributed by atoms with Crippen LogP contribution in [0.5, 0.6) is 11.5 Å². The lowest BCUT2D eigenvalue weighted by Crippen LogP contribution is -1.88. The van der Waals surface area contributed by atoms with Crippen LogP contribution in [0.15, 0.2) is 53.0 Å². The Bertz CT molecular complexity index is 668. The summed E-state index contributed by atoms with van der Waals surface area (Å²) in [6, 6.07) is 13.1. The molecule has 0 aliphatic heterocycles. The van der Waals surface area contributed by atoms with Gasteiger partial charge in [-0.15, -0.1) is 0 Å². The average Bonchev–Trinajstić information content (AvgIpc) is 2.39. The van der Waals surface area contributed by atoms with E-state index in [1.165, 1.54) is 6.08 Å². The maximum atomic E-state index is 10.5. The summed E-state index contributed by atoms with van der Waals surface area (Å²) in [5, 5.41) is 8.60. The van der Waals surface area contributed by atoms with Gasteiger partial charge < -0.3 is 9.84 Å². The van der Waals surface area contributed by atoms with Gasteiger partial charge in [-0.1, -0.05) is 12.1 Å². The number of benzene rings is 2. The van der Waals surface area contributed by atoms with Crippen LogP contribution in [0, 0.1) is 3.57 Å². The van der Waals surface area contributed by atoms with Crippen LogP contribution in [0.3, 0.4) is 0 Å². The van der Waals surface area contributed by atoms with Crippen LogP contribution in [-0.4, -0.2) is 11.1 Å². The van der Waals surface area contributed by atoms with Crippen molar-refractivity contribution in [3.8, 4) is 11.5 Å². The number of aliphatic carboxylic acids is 1. The highest BCUT2D eigenvalue weighted by molar-refractivity contribution is 14.1. The predicted molar refractivity (Wildman–Crippen MR) is 90.0 cm³/mol. The number of carbonyl (C=O) groups is 1. The maximum absolute atomic E-state index is 10.5. The largest absolute Gasteiger partial charge is 0.478 e. The van der Waals surface area contributed by atoms with Gasteiger partial charge in [-0.25, -0.2) is 4.79 Å². The Morgan fingerprint density at radius 1 is 1.25 bits per heavy atom. The normalized spacial score (nSPS) is 10.7. The van der Waals surface area contributed by atoms with E-state index in [1.54, 1.807) is 12.1 Å². The van der Waals surface area contributed by atoms with E-state index in [-0.39, 0.29) is 0 Å². The molecular formula is C15H10BrIO3. The van der Waals surface area contributed by atoms with Gasteiger partial charge >= 0.3 is 5.97 Å². The monoisotopic (exact) mass is 444 g/mol. The first kappa shape index (κ1) is 15.1. The van der Waals surface area contributed by atoms with Crippen molar-refractivity contribution in [2.45, 2.75) is 0 Å². The van der Waals surface area contributed by atoms with Crippen LogP contribution in [0.1, 0.15) is 5.56 Å². The fourth-order valence-corrected chi connectivity index (χ4v) is 2.52. The quantitative estimate of drug-likeness (QED) is 0.536. The molecule has 20 heavy (non-hydrogen) atoms. The van der Waals surface area contributed by atoms with Gasteiger partial charge in [0.2, 0.25) is 0 Å². The van der Waals surface area contributed by atoms with Crippen LogP contribution in [0.25, 0.3) is 6.08 Å². The van der Waals surface area contributed by atoms with E-state index in [0.29, 0.717) is 5.75 Å². The first-order valence-electron chi connectivity index (χ1n) is 5.68. The minimum atomic E-state index is -0.972. The fraction of sp³-hybridized carbons (Fsp3) is 0. The summed E-state index contributed by atoms with van der Waals surface area (Å²) in [6.07, 6.45) is 2.63. The molecule has 0 saturated heterocycles. The van der Waals surface area contributed by atoms with Crippen LogP contribution < -0.4 is 4.74 Å². The smallest absolute Gasteiger partial charge is 0.328 e. The lowest BCUT2D eigenvalue weighted by atomic mass is 10.2. The first-order valence-corrected chi connectivity index (χ1v) is 7.56. The molecule has 2 rings (SSSR count). The van der Waals surface area contributed by atoms with Gasteiger partial charge in [0.1, 0.15) is 11.5 Å². The van der Waals surface area contributed by atoms with Crippen molar-refractivity contribution in [2.75, 3.05) is 0 Å². The molecule has 0 bridgehead atoms. The molecular weight excluding hydrogens is 435 g/mol. The zero-order valence-corrected chi connectivity index (χ0v) is 14.0. The summed E-state index contributed by atoms with van der Waals surface area (Å²) in [7, 11) is 0. The fourth-order valence-electron chi connectivity index (χ4n) is 1.53. The minimum Gasteiger partial charge on any atom is -0.478 e. The Morgan fingerprint density at radius 3 is 2.70 bits per heavy atom. The molecule has 2 aromatic carbocycles. The Balaban J connectivity index is 2.20. The van der Waals surface area contributed by atoms with Gasteiger partial charge in [0, 0.05) is 9.65 Å². The number of carboxylic acid groups (broad SMARTS) is 1. The van der Waals surface area contributed by atoms with Gasteiger partial charge in [-0.2, -0.15) is 0 Å². The van der Waals surface area contributed by atoms with Crippen molar-refractivity contribution in [3.05, 3.63) is 62.1 Å². The Hall–Kier alpha value is -1.34. The first-order chi connectivity index (χ1) is 9.54. The molecule has 102 valence electrons. The maximum Gasteiger partial charge on any atom is 0.328 e. The van der Waals surface area contributed by atoms with Gasteiger partial charge in [0.25, 0.3) is 0 Å². The number of hydrogen-bond donors (Lipinski definition) is 1. The summed E-state index contributed by atoms with van der Waals surface area (Å²) >= 11 is 5.64. The predicted octanol–water partition coefficient (Wildman–Crippen LogP) is 4.94. The molecule has 0 unspecified atom stereocenters. The van der Waals surface area contributed by atoms with Crippen molar-refractivity contribution < 1.29 is 14.6 Å². The van der Waals surface area contributed by atoms with E-state index in [2.05, 4.69) is 38.5 Å². The number of hydrogen-bond acceptors (Lipinski definition) is 2. The molecule has 3 nitrogen and oxygen atoms in total. The topological polar surface area (TPSA) is 46.5 Å². The van der Waals surface area contributed by atoms with Crippen molar-refractivity contribution >= 4 is 50.6 Å². The summed E-state index contributed by atoms with van der Waals surface area (Å²) in [5.74, 6) is 0.464. The SMILES string of the molecule is O=C(O)/C=C/c1ccc(Oc2cccc(I)c2)c(Br)c1. The van der Waals surface area contributed by atoms with E-state index in [4.69, 9.17) is 9.84 Å². The van der Waals surface area contributed by atoms with Crippen LogP contribution in [0.4, 0.5) is 0 Å². The number of halogens is 2. The molecule has 0 saturated carbocycles. The zero-order valence-electron chi connectivity index (χ0n) is 10.2. The number of carboxylic acids is 1. The lowest BCUT2D eigenvalue weighted by Gasteiger charge is -2.08. The number of rotatable bonds is 4. The van der Waals surface area contributed by atoms with Crippen molar-refractivity contribution in [2.24, 2.45) is 0 Å². The summed E-state index contributed by atoms with van der Waals surface area (Å²) in [6.45, 7) is 0.